The first-order valence-electron chi connectivity index (χ1n) is 8.32. The molecule has 0 spiro atoms. The van der Waals surface area contributed by atoms with Gasteiger partial charge in [-0.25, -0.2) is 0 Å². The van der Waals surface area contributed by atoms with E-state index in [4.69, 9.17) is 5.73 Å². The first-order chi connectivity index (χ1) is 9.53. The summed E-state index contributed by atoms with van der Waals surface area (Å²) in [4.78, 5) is 14.3. The third kappa shape index (κ3) is 5.06. The molecule has 1 amide bonds. The number of piperidine rings is 1. The van der Waals surface area contributed by atoms with Gasteiger partial charge >= 0.3 is 0 Å². The van der Waals surface area contributed by atoms with Crippen LogP contribution < -0.4 is 11.1 Å². The molecule has 1 heterocycles. The quantitative estimate of drug-likeness (QED) is 0.682. The zero-order valence-electron chi connectivity index (χ0n) is 13.6. The van der Waals surface area contributed by atoms with Gasteiger partial charge in [0.25, 0.3) is 0 Å². The van der Waals surface area contributed by atoms with Crippen molar-refractivity contribution in [3.63, 3.8) is 0 Å². The Labute approximate surface area is 124 Å². The zero-order valence-corrected chi connectivity index (χ0v) is 13.6. The predicted octanol–water partition coefficient (Wildman–Crippen LogP) is 2.27. The van der Waals surface area contributed by atoms with E-state index in [-0.39, 0.29) is 5.91 Å². The molecule has 1 aliphatic rings. The molecule has 0 bridgehead atoms. The van der Waals surface area contributed by atoms with Crippen LogP contribution in [0.25, 0.3) is 0 Å². The van der Waals surface area contributed by atoms with Gasteiger partial charge in [-0.15, -0.1) is 0 Å². The maximum Gasteiger partial charge on any atom is 0.237 e. The molecule has 1 aliphatic heterocycles. The molecule has 0 saturated carbocycles. The molecule has 4 nitrogen and oxygen atoms in total. The molecule has 3 N–H and O–H groups in total. The Hall–Kier alpha value is -0.610. The molecule has 1 fully saturated rings. The highest BCUT2D eigenvalue weighted by atomic mass is 16.1. The van der Waals surface area contributed by atoms with E-state index in [0.717, 1.165) is 38.4 Å². The lowest BCUT2D eigenvalue weighted by atomic mass is 9.93. The normalized spacial score (nSPS) is 23.4. The van der Waals surface area contributed by atoms with Crippen LogP contribution in [0, 0.1) is 0 Å². The van der Waals surface area contributed by atoms with Crippen molar-refractivity contribution in [1.82, 2.24) is 10.2 Å². The molecular formula is C16H33N3O. The Morgan fingerprint density at radius 1 is 1.40 bits per heavy atom. The van der Waals surface area contributed by atoms with E-state index in [1.165, 1.54) is 32.2 Å². The van der Waals surface area contributed by atoms with E-state index in [0.29, 0.717) is 0 Å². The molecule has 118 valence electrons. The molecule has 20 heavy (non-hydrogen) atoms. The van der Waals surface area contributed by atoms with Crippen molar-refractivity contribution in [2.24, 2.45) is 5.73 Å². The van der Waals surface area contributed by atoms with Crippen molar-refractivity contribution in [3.05, 3.63) is 0 Å². The van der Waals surface area contributed by atoms with Gasteiger partial charge in [-0.3, -0.25) is 4.79 Å². The van der Waals surface area contributed by atoms with Gasteiger partial charge in [0, 0.05) is 6.04 Å². The number of nitrogens with zero attached hydrogens (tertiary/aromatic N) is 1. The molecular weight excluding hydrogens is 250 g/mol. The number of rotatable bonds is 9. The van der Waals surface area contributed by atoms with Crippen LogP contribution in [0.1, 0.15) is 65.7 Å². The maximum atomic E-state index is 11.7. The SMILES string of the molecule is CCCNC(C)(CCCN1CCCCC1CC)C(N)=O. The number of nitrogens with two attached hydrogens (primary N) is 1. The van der Waals surface area contributed by atoms with Crippen molar-refractivity contribution in [1.29, 1.82) is 0 Å². The van der Waals surface area contributed by atoms with Gasteiger partial charge in [-0.05, 0) is 65.1 Å². The zero-order chi connectivity index (χ0) is 15.0. The van der Waals surface area contributed by atoms with Gasteiger partial charge in [0.05, 0.1) is 5.54 Å². The predicted molar refractivity (Wildman–Crippen MR) is 84.6 cm³/mol. The number of amides is 1. The average Bonchev–Trinajstić information content (AvgIpc) is 2.45. The fraction of sp³-hybridized carbons (Fsp3) is 0.938. The molecule has 0 aromatic carbocycles. The summed E-state index contributed by atoms with van der Waals surface area (Å²) in [6.45, 7) is 9.48. The molecule has 0 aromatic heterocycles. The lowest BCUT2D eigenvalue weighted by Crippen LogP contribution is -2.53. The smallest absolute Gasteiger partial charge is 0.237 e. The van der Waals surface area contributed by atoms with E-state index in [2.05, 4.69) is 24.1 Å². The Bertz CT molecular complexity index is 295. The molecule has 0 aromatic rings. The van der Waals surface area contributed by atoms with Gasteiger partial charge < -0.3 is 16.0 Å². The summed E-state index contributed by atoms with van der Waals surface area (Å²) in [5, 5.41) is 3.32. The number of nitrogens with one attached hydrogen (secondary N) is 1. The molecule has 2 unspecified atom stereocenters. The van der Waals surface area contributed by atoms with E-state index in [1.54, 1.807) is 0 Å². The number of hydrogen-bond acceptors (Lipinski definition) is 3. The number of carbonyl (C=O) groups is 1. The van der Waals surface area contributed by atoms with Crippen LogP contribution in [-0.4, -0.2) is 42.0 Å². The second kappa shape index (κ2) is 8.63. The minimum Gasteiger partial charge on any atom is -0.368 e. The van der Waals surface area contributed by atoms with Crippen LogP contribution in [0.2, 0.25) is 0 Å². The molecule has 0 aliphatic carbocycles. The van der Waals surface area contributed by atoms with Gasteiger partial charge in [0.15, 0.2) is 0 Å². The van der Waals surface area contributed by atoms with Crippen molar-refractivity contribution in [2.45, 2.75) is 77.3 Å². The summed E-state index contributed by atoms with van der Waals surface area (Å²) in [5.74, 6) is -0.225. The third-order valence-electron chi connectivity index (χ3n) is 4.65. The Balaban J connectivity index is 2.41. The molecule has 1 rings (SSSR count). The summed E-state index contributed by atoms with van der Waals surface area (Å²) in [6, 6.07) is 0.743. The van der Waals surface area contributed by atoms with Crippen LogP contribution in [-0.2, 0) is 4.79 Å². The van der Waals surface area contributed by atoms with Crippen LogP contribution in [0.15, 0.2) is 0 Å². The van der Waals surface area contributed by atoms with E-state index < -0.39 is 5.54 Å². The summed E-state index contributed by atoms with van der Waals surface area (Å²) in [7, 11) is 0. The first kappa shape index (κ1) is 17.4. The topological polar surface area (TPSA) is 58.4 Å². The number of hydrogen-bond donors (Lipinski definition) is 2. The van der Waals surface area contributed by atoms with E-state index in [1.807, 2.05) is 6.92 Å². The molecule has 4 heteroatoms. The summed E-state index contributed by atoms with van der Waals surface area (Å²) < 4.78 is 0. The fourth-order valence-electron chi connectivity index (χ4n) is 3.15. The number of likely N-dealkylation sites (tertiary alicyclic amines) is 1. The highest BCUT2D eigenvalue weighted by molar-refractivity contribution is 5.84. The summed E-state index contributed by atoms with van der Waals surface area (Å²) in [6.07, 6.45) is 8.14. The number of primary amides is 1. The van der Waals surface area contributed by atoms with Crippen LogP contribution in [0.4, 0.5) is 0 Å². The van der Waals surface area contributed by atoms with Crippen molar-refractivity contribution >= 4 is 5.91 Å². The van der Waals surface area contributed by atoms with Crippen LogP contribution in [0.3, 0.4) is 0 Å². The van der Waals surface area contributed by atoms with Crippen molar-refractivity contribution < 1.29 is 4.79 Å². The maximum absolute atomic E-state index is 11.7. The Kier molecular flexibility index (Phi) is 7.52. The van der Waals surface area contributed by atoms with Gasteiger partial charge in [-0.1, -0.05) is 20.3 Å². The largest absolute Gasteiger partial charge is 0.368 e. The molecule has 2 atom stereocenters. The highest BCUT2D eigenvalue weighted by Crippen LogP contribution is 2.21. The van der Waals surface area contributed by atoms with Gasteiger partial charge in [0.2, 0.25) is 5.91 Å². The van der Waals surface area contributed by atoms with E-state index >= 15 is 0 Å². The summed E-state index contributed by atoms with van der Waals surface area (Å²) >= 11 is 0. The van der Waals surface area contributed by atoms with Gasteiger partial charge in [-0.2, -0.15) is 0 Å². The highest BCUT2D eigenvalue weighted by Gasteiger charge is 2.30. The minimum atomic E-state index is -0.548. The van der Waals surface area contributed by atoms with Crippen molar-refractivity contribution in [3.8, 4) is 0 Å². The van der Waals surface area contributed by atoms with E-state index in [9.17, 15) is 4.79 Å². The lowest BCUT2D eigenvalue weighted by molar-refractivity contribution is -0.124. The first-order valence-corrected chi connectivity index (χ1v) is 8.32. The average molecular weight is 283 g/mol. The second-order valence-electron chi connectivity index (χ2n) is 6.32. The Morgan fingerprint density at radius 3 is 2.75 bits per heavy atom. The molecule has 1 saturated heterocycles. The standard InChI is InChI=1S/C16H33N3O/c1-4-11-18-16(3,15(17)20)10-8-13-19-12-7-6-9-14(19)5-2/h14,18H,4-13H2,1-3H3,(H2,17,20). The second-order valence-corrected chi connectivity index (χ2v) is 6.32. The van der Waals surface area contributed by atoms with Crippen LogP contribution in [0.5, 0.6) is 0 Å². The lowest BCUT2D eigenvalue weighted by Gasteiger charge is -2.36. The number of carbonyl (C=O) groups excluding carboxylic acids is 1. The van der Waals surface area contributed by atoms with Crippen LogP contribution >= 0.6 is 0 Å². The Morgan fingerprint density at radius 2 is 2.15 bits per heavy atom. The molecule has 0 radical (unpaired) electrons. The van der Waals surface area contributed by atoms with Crippen molar-refractivity contribution in [2.75, 3.05) is 19.6 Å². The summed E-state index contributed by atoms with van der Waals surface area (Å²) in [5.41, 5.74) is 5.02. The van der Waals surface area contributed by atoms with Gasteiger partial charge in [0.1, 0.15) is 0 Å². The minimum absolute atomic E-state index is 0.225. The fourth-order valence-corrected chi connectivity index (χ4v) is 3.15. The monoisotopic (exact) mass is 283 g/mol. The third-order valence-corrected chi connectivity index (χ3v) is 4.65.